The molecule has 0 aromatic rings. The van der Waals surface area contributed by atoms with E-state index in [-0.39, 0.29) is 17.7 Å². The molecular formula is C10H17NO2. The number of fused-ring (bicyclic) bond motifs is 5. The van der Waals surface area contributed by atoms with Gasteiger partial charge in [-0.25, -0.2) is 0 Å². The van der Waals surface area contributed by atoms with Gasteiger partial charge in [-0.2, -0.15) is 0 Å². The van der Waals surface area contributed by atoms with E-state index in [0.29, 0.717) is 5.92 Å². The minimum atomic E-state index is -0.414. The summed E-state index contributed by atoms with van der Waals surface area (Å²) in [7, 11) is 0. The van der Waals surface area contributed by atoms with Crippen LogP contribution < -0.4 is 5.73 Å². The van der Waals surface area contributed by atoms with E-state index in [2.05, 4.69) is 0 Å². The van der Waals surface area contributed by atoms with Crippen LogP contribution in [0.5, 0.6) is 0 Å². The van der Waals surface area contributed by atoms with Gasteiger partial charge >= 0.3 is 0 Å². The zero-order chi connectivity index (χ0) is 9.27. The molecule has 1 heterocycles. The molecule has 3 nitrogen and oxygen atoms in total. The van der Waals surface area contributed by atoms with E-state index < -0.39 is 5.79 Å². The predicted octanol–water partition coefficient (Wildman–Crippen LogP) is 1.02. The highest BCUT2D eigenvalue weighted by molar-refractivity contribution is 5.14. The van der Waals surface area contributed by atoms with Crippen LogP contribution in [0.1, 0.15) is 33.1 Å². The number of ether oxygens (including phenoxy) is 2. The summed E-state index contributed by atoms with van der Waals surface area (Å²) in [5, 5.41) is 0. The van der Waals surface area contributed by atoms with E-state index in [1.165, 1.54) is 6.42 Å². The van der Waals surface area contributed by atoms with Crippen LogP contribution in [0, 0.1) is 5.92 Å². The number of nitrogens with two attached hydrogens (primary N) is 1. The molecule has 13 heavy (non-hydrogen) atoms. The first-order chi connectivity index (χ1) is 6.00. The quantitative estimate of drug-likeness (QED) is 0.609. The summed E-state index contributed by atoms with van der Waals surface area (Å²) in [4.78, 5) is 0. The minimum absolute atomic E-state index is 0.0803. The largest absolute Gasteiger partial charge is 0.344 e. The summed E-state index contributed by atoms with van der Waals surface area (Å²) >= 11 is 0. The Balaban J connectivity index is 1.93. The molecule has 2 N–H and O–H groups in total. The van der Waals surface area contributed by atoms with Gasteiger partial charge in [0, 0.05) is 5.54 Å². The molecule has 3 fully saturated rings. The molecule has 0 unspecified atom stereocenters. The Morgan fingerprint density at radius 2 is 2.08 bits per heavy atom. The number of hydrogen-bond acceptors (Lipinski definition) is 3. The van der Waals surface area contributed by atoms with Crippen LogP contribution in [0.4, 0.5) is 0 Å². The van der Waals surface area contributed by atoms with Gasteiger partial charge in [0.05, 0.1) is 6.10 Å². The Hall–Kier alpha value is -0.120. The van der Waals surface area contributed by atoms with Crippen LogP contribution >= 0.6 is 0 Å². The van der Waals surface area contributed by atoms with Crippen molar-refractivity contribution in [1.82, 2.24) is 0 Å². The second kappa shape index (κ2) is 2.10. The van der Waals surface area contributed by atoms with Crippen molar-refractivity contribution in [2.75, 3.05) is 0 Å². The second-order valence-corrected chi connectivity index (χ2v) is 5.26. The van der Waals surface area contributed by atoms with E-state index in [1.54, 1.807) is 0 Å². The first-order valence-corrected chi connectivity index (χ1v) is 5.15. The Kier molecular flexibility index (Phi) is 1.33. The molecule has 1 aliphatic heterocycles. The van der Waals surface area contributed by atoms with Gasteiger partial charge in [-0.3, -0.25) is 0 Å². The van der Waals surface area contributed by atoms with Gasteiger partial charge in [-0.15, -0.1) is 0 Å². The van der Waals surface area contributed by atoms with Crippen LogP contribution in [0.2, 0.25) is 0 Å². The average Bonchev–Trinajstić information content (AvgIpc) is 2.56. The van der Waals surface area contributed by atoms with Gasteiger partial charge in [-0.1, -0.05) is 0 Å². The van der Waals surface area contributed by atoms with Gasteiger partial charge in [0.15, 0.2) is 5.79 Å². The first kappa shape index (κ1) is 8.21. The van der Waals surface area contributed by atoms with Gasteiger partial charge in [0.1, 0.15) is 6.10 Å². The summed E-state index contributed by atoms with van der Waals surface area (Å²) in [6.45, 7) is 3.96. The lowest BCUT2D eigenvalue weighted by Crippen LogP contribution is -2.50. The van der Waals surface area contributed by atoms with Crippen molar-refractivity contribution in [2.45, 2.75) is 56.6 Å². The van der Waals surface area contributed by atoms with Crippen molar-refractivity contribution in [3.05, 3.63) is 0 Å². The van der Waals surface area contributed by atoms with Gasteiger partial charge in [-0.05, 0) is 39.0 Å². The van der Waals surface area contributed by atoms with Gasteiger partial charge < -0.3 is 15.2 Å². The SMILES string of the molecule is CC1(C)O[C@@H]2[C@H]3CC[C@](N)(C3)[C@@H]2O1. The predicted molar refractivity (Wildman–Crippen MR) is 48.1 cm³/mol. The summed E-state index contributed by atoms with van der Waals surface area (Å²) in [6, 6.07) is 0. The topological polar surface area (TPSA) is 44.5 Å². The standard InChI is InChI=1S/C10H17NO2/c1-9(2)12-7-6-3-4-10(11,5-6)8(7)13-9/h6-8H,3-5,11H2,1-2H3/t6-,7+,8+,10-/m0/s1. The Morgan fingerprint density at radius 1 is 1.31 bits per heavy atom. The van der Waals surface area contributed by atoms with Crippen LogP contribution in [0.15, 0.2) is 0 Å². The van der Waals surface area contributed by atoms with Crippen molar-refractivity contribution in [2.24, 2.45) is 11.7 Å². The average molecular weight is 183 g/mol. The summed E-state index contributed by atoms with van der Waals surface area (Å²) in [6.07, 6.45) is 3.85. The van der Waals surface area contributed by atoms with E-state index in [4.69, 9.17) is 15.2 Å². The molecule has 0 aromatic carbocycles. The van der Waals surface area contributed by atoms with Crippen LogP contribution in [0.3, 0.4) is 0 Å². The maximum absolute atomic E-state index is 6.30. The highest BCUT2D eigenvalue weighted by Crippen LogP contribution is 2.53. The second-order valence-electron chi connectivity index (χ2n) is 5.26. The third kappa shape index (κ3) is 0.953. The summed E-state index contributed by atoms with van der Waals surface area (Å²) in [5.74, 6) is 0.236. The maximum Gasteiger partial charge on any atom is 0.163 e. The lowest BCUT2D eigenvalue weighted by atomic mass is 9.90. The molecule has 0 radical (unpaired) electrons. The van der Waals surface area contributed by atoms with Crippen LogP contribution in [-0.2, 0) is 9.47 Å². The Bertz CT molecular complexity index is 253. The summed E-state index contributed by atoms with van der Waals surface area (Å²) < 4.78 is 11.7. The fraction of sp³-hybridized carbons (Fsp3) is 1.00. The third-order valence-corrected chi connectivity index (χ3v) is 3.78. The molecule has 2 bridgehead atoms. The lowest BCUT2D eigenvalue weighted by Gasteiger charge is -2.30. The molecule has 3 rings (SSSR count). The zero-order valence-electron chi connectivity index (χ0n) is 8.25. The van der Waals surface area contributed by atoms with Crippen molar-refractivity contribution >= 4 is 0 Å². The van der Waals surface area contributed by atoms with E-state index >= 15 is 0 Å². The smallest absolute Gasteiger partial charge is 0.163 e. The van der Waals surface area contributed by atoms with Crippen LogP contribution in [0.25, 0.3) is 0 Å². The Labute approximate surface area is 78.6 Å². The fourth-order valence-electron chi connectivity index (χ4n) is 3.26. The molecular weight excluding hydrogens is 166 g/mol. The van der Waals surface area contributed by atoms with Crippen molar-refractivity contribution in [3.8, 4) is 0 Å². The maximum atomic E-state index is 6.30. The molecule has 0 aromatic heterocycles. The highest BCUT2D eigenvalue weighted by Gasteiger charge is 2.62. The van der Waals surface area contributed by atoms with E-state index in [1.807, 2.05) is 13.8 Å². The molecule has 1 saturated heterocycles. The number of hydrogen-bond donors (Lipinski definition) is 1. The van der Waals surface area contributed by atoms with Crippen molar-refractivity contribution < 1.29 is 9.47 Å². The van der Waals surface area contributed by atoms with Gasteiger partial charge in [0.2, 0.25) is 0 Å². The first-order valence-electron chi connectivity index (χ1n) is 5.15. The molecule has 4 atom stereocenters. The Morgan fingerprint density at radius 3 is 2.77 bits per heavy atom. The molecule has 3 heteroatoms. The molecule has 2 aliphatic carbocycles. The molecule has 0 spiro atoms. The fourth-order valence-corrected chi connectivity index (χ4v) is 3.26. The molecule has 74 valence electrons. The molecule has 0 amide bonds. The monoisotopic (exact) mass is 183 g/mol. The number of rotatable bonds is 0. The van der Waals surface area contributed by atoms with Crippen LogP contribution in [-0.4, -0.2) is 23.5 Å². The lowest BCUT2D eigenvalue weighted by molar-refractivity contribution is -0.158. The third-order valence-electron chi connectivity index (χ3n) is 3.78. The van der Waals surface area contributed by atoms with Crippen molar-refractivity contribution in [1.29, 1.82) is 0 Å². The van der Waals surface area contributed by atoms with E-state index in [0.717, 1.165) is 12.8 Å². The van der Waals surface area contributed by atoms with Crippen molar-refractivity contribution in [3.63, 3.8) is 0 Å². The van der Waals surface area contributed by atoms with E-state index in [9.17, 15) is 0 Å². The summed E-state index contributed by atoms with van der Waals surface area (Å²) in [5.41, 5.74) is 6.22. The molecule has 3 aliphatic rings. The molecule has 2 saturated carbocycles. The normalized spacial score (nSPS) is 57.0. The zero-order valence-corrected chi connectivity index (χ0v) is 8.25. The highest BCUT2D eigenvalue weighted by atomic mass is 16.8. The minimum Gasteiger partial charge on any atom is -0.344 e. The van der Waals surface area contributed by atoms with Gasteiger partial charge in [0.25, 0.3) is 0 Å².